The van der Waals surface area contributed by atoms with Crippen LogP contribution in [0.1, 0.15) is 83.1 Å². The maximum Gasteiger partial charge on any atom is 0.314 e. The molecule has 0 aliphatic heterocycles. The van der Waals surface area contributed by atoms with Crippen molar-refractivity contribution in [2.24, 2.45) is 35.5 Å². The Labute approximate surface area is 180 Å². The van der Waals surface area contributed by atoms with E-state index in [1.807, 2.05) is 0 Å². The second-order valence-electron chi connectivity index (χ2n) is 9.97. The van der Waals surface area contributed by atoms with Crippen molar-refractivity contribution in [3.63, 3.8) is 0 Å². The van der Waals surface area contributed by atoms with Crippen LogP contribution < -0.4 is 4.74 Å². The van der Waals surface area contributed by atoms with Gasteiger partial charge in [-0.25, -0.2) is 4.39 Å². The van der Waals surface area contributed by atoms with Gasteiger partial charge >= 0.3 is 5.97 Å². The molecular formula is C26H34FNO2. The molecule has 4 heteroatoms. The van der Waals surface area contributed by atoms with Gasteiger partial charge in [0.05, 0.1) is 11.5 Å². The van der Waals surface area contributed by atoms with Gasteiger partial charge in [0.25, 0.3) is 0 Å². The number of ether oxygens (including phenoxy) is 1. The van der Waals surface area contributed by atoms with Gasteiger partial charge in [-0.3, -0.25) is 4.79 Å². The Kier molecular flexibility index (Phi) is 6.76. The summed E-state index contributed by atoms with van der Waals surface area (Å²) in [4.78, 5) is 12.6. The molecule has 30 heavy (non-hydrogen) atoms. The van der Waals surface area contributed by atoms with Crippen molar-refractivity contribution in [3.05, 3.63) is 29.6 Å². The van der Waals surface area contributed by atoms with Crippen LogP contribution in [0.4, 0.5) is 4.39 Å². The lowest BCUT2D eigenvalue weighted by atomic mass is 9.61. The van der Waals surface area contributed by atoms with Gasteiger partial charge in [0.1, 0.15) is 17.6 Å². The number of nitriles is 1. The molecule has 0 radical (unpaired) electrons. The molecule has 0 spiro atoms. The van der Waals surface area contributed by atoms with E-state index < -0.39 is 5.82 Å². The lowest BCUT2D eigenvalue weighted by Crippen LogP contribution is -2.35. The van der Waals surface area contributed by atoms with E-state index in [4.69, 9.17) is 10.00 Å². The van der Waals surface area contributed by atoms with Crippen LogP contribution in [0, 0.1) is 52.7 Å². The van der Waals surface area contributed by atoms with Gasteiger partial charge in [0.15, 0.2) is 0 Å². The molecule has 4 atom stereocenters. The average Bonchev–Trinajstić information content (AvgIpc) is 2.78. The minimum Gasteiger partial charge on any atom is -0.426 e. The second kappa shape index (κ2) is 9.50. The van der Waals surface area contributed by atoms with Crippen LogP contribution in [0.5, 0.6) is 5.75 Å². The number of halogens is 1. The fraction of sp³-hybridized carbons (Fsp3) is 0.692. The Morgan fingerprint density at radius 3 is 2.30 bits per heavy atom. The Morgan fingerprint density at radius 1 is 1.00 bits per heavy atom. The lowest BCUT2D eigenvalue weighted by Gasteiger charge is -2.45. The van der Waals surface area contributed by atoms with Crippen LogP contribution in [0.25, 0.3) is 0 Å². The number of nitrogens with zero attached hydrogens (tertiary/aromatic N) is 1. The topological polar surface area (TPSA) is 50.1 Å². The van der Waals surface area contributed by atoms with Crippen LogP contribution in [-0.4, -0.2) is 5.97 Å². The van der Waals surface area contributed by atoms with Gasteiger partial charge in [0.2, 0.25) is 0 Å². The van der Waals surface area contributed by atoms with Crippen molar-refractivity contribution >= 4 is 5.97 Å². The van der Waals surface area contributed by atoms with E-state index >= 15 is 0 Å². The number of hydrogen-bond donors (Lipinski definition) is 0. The number of carbonyl (C=O) groups excluding carboxylic acids is 1. The zero-order valence-electron chi connectivity index (χ0n) is 18.1. The van der Waals surface area contributed by atoms with Crippen LogP contribution in [0.15, 0.2) is 18.2 Å². The molecule has 0 saturated heterocycles. The smallest absolute Gasteiger partial charge is 0.314 e. The largest absolute Gasteiger partial charge is 0.426 e. The third-order valence-electron chi connectivity index (χ3n) is 8.39. The second-order valence-corrected chi connectivity index (χ2v) is 9.97. The molecule has 3 saturated carbocycles. The van der Waals surface area contributed by atoms with Crippen LogP contribution in [-0.2, 0) is 4.79 Å². The highest BCUT2D eigenvalue weighted by atomic mass is 19.1. The highest BCUT2D eigenvalue weighted by Crippen LogP contribution is 2.49. The minimum absolute atomic E-state index is 0.0341. The average molecular weight is 412 g/mol. The van der Waals surface area contributed by atoms with Gasteiger partial charge in [-0.2, -0.15) is 5.26 Å². The number of benzene rings is 1. The molecule has 0 heterocycles. The summed E-state index contributed by atoms with van der Waals surface area (Å²) in [6.07, 6.45) is 13.9. The fourth-order valence-electron chi connectivity index (χ4n) is 6.50. The molecule has 1 aromatic carbocycles. The predicted octanol–water partition coefficient (Wildman–Crippen LogP) is 6.65. The highest BCUT2D eigenvalue weighted by molar-refractivity contribution is 5.75. The molecule has 4 rings (SSSR count). The van der Waals surface area contributed by atoms with Crippen LogP contribution in [0.3, 0.4) is 0 Å². The zero-order chi connectivity index (χ0) is 21.1. The summed E-state index contributed by atoms with van der Waals surface area (Å²) in [6.45, 7) is 2.35. The van der Waals surface area contributed by atoms with Gasteiger partial charge in [0, 0.05) is 6.07 Å². The highest BCUT2D eigenvalue weighted by Gasteiger charge is 2.39. The van der Waals surface area contributed by atoms with Crippen molar-refractivity contribution < 1.29 is 13.9 Å². The molecule has 0 aromatic heterocycles. The van der Waals surface area contributed by atoms with E-state index in [0.29, 0.717) is 0 Å². The number of esters is 1. The van der Waals surface area contributed by atoms with E-state index in [-0.39, 0.29) is 23.2 Å². The van der Waals surface area contributed by atoms with E-state index in [1.54, 1.807) is 6.07 Å². The van der Waals surface area contributed by atoms with Crippen molar-refractivity contribution in [2.75, 3.05) is 0 Å². The van der Waals surface area contributed by atoms with E-state index in [1.165, 1.54) is 57.1 Å². The summed E-state index contributed by atoms with van der Waals surface area (Å²) in [5, 5.41) is 8.82. The summed E-state index contributed by atoms with van der Waals surface area (Å²) >= 11 is 0. The molecule has 4 unspecified atom stereocenters. The SMILES string of the molecule is CCC1CCC2CC(C3CCC(C(=O)Oc4ccc(C#N)c(F)c4)CC3)CCC2C1. The van der Waals surface area contributed by atoms with Crippen molar-refractivity contribution in [2.45, 2.75) is 77.6 Å². The maximum absolute atomic E-state index is 13.7. The zero-order valence-corrected chi connectivity index (χ0v) is 18.1. The Hall–Kier alpha value is -1.89. The third-order valence-corrected chi connectivity index (χ3v) is 8.39. The van der Waals surface area contributed by atoms with Crippen LogP contribution >= 0.6 is 0 Å². The molecule has 0 bridgehead atoms. The first kappa shape index (κ1) is 21.3. The first-order valence-electron chi connectivity index (χ1n) is 12.0. The first-order valence-corrected chi connectivity index (χ1v) is 12.0. The monoisotopic (exact) mass is 411 g/mol. The quantitative estimate of drug-likeness (QED) is 0.411. The minimum atomic E-state index is -0.643. The molecule has 1 aromatic rings. The Balaban J connectivity index is 1.25. The number of carbonyl (C=O) groups is 1. The van der Waals surface area contributed by atoms with Crippen molar-refractivity contribution in [1.82, 2.24) is 0 Å². The molecular weight excluding hydrogens is 377 g/mol. The molecule has 3 aliphatic rings. The predicted molar refractivity (Wildman–Crippen MR) is 114 cm³/mol. The van der Waals surface area contributed by atoms with Crippen molar-refractivity contribution in [3.8, 4) is 11.8 Å². The molecule has 0 amide bonds. The Bertz CT molecular complexity index is 793. The number of rotatable bonds is 4. The standard InChI is InChI=1S/C26H34FNO2/c1-2-17-3-4-22-14-21(10-9-20(22)13-17)18-5-7-19(8-6-18)26(29)30-24-12-11-23(16-28)25(27)15-24/h11-12,15,17-22H,2-10,13-14H2,1H3. The lowest BCUT2D eigenvalue weighted by molar-refractivity contribution is -0.140. The normalized spacial score (nSPS) is 33.9. The summed E-state index contributed by atoms with van der Waals surface area (Å²) in [5.41, 5.74) is -0.0341. The number of fused-ring (bicyclic) bond motifs is 1. The van der Waals surface area contributed by atoms with Gasteiger partial charge in [-0.05, 0) is 99.5 Å². The van der Waals surface area contributed by atoms with E-state index in [2.05, 4.69) is 6.92 Å². The summed E-state index contributed by atoms with van der Waals surface area (Å²) in [7, 11) is 0. The van der Waals surface area contributed by atoms with E-state index in [0.717, 1.165) is 61.3 Å². The summed E-state index contributed by atoms with van der Waals surface area (Å²) < 4.78 is 19.2. The van der Waals surface area contributed by atoms with Crippen LogP contribution in [0.2, 0.25) is 0 Å². The molecule has 162 valence electrons. The molecule has 3 nitrogen and oxygen atoms in total. The first-order chi connectivity index (χ1) is 14.6. The summed E-state index contributed by atoms with van der Waals surface area (Å²) in [6, 6.07) is 5.77. The van der Waals surface area contributed by atoms with Gasteiger partial charge in [-0.1, -0.05) is 19.8 Å². The van der Waals surface area contributed by atoms with E-state index in [9.17, 15) is 9.18 Å². The molecule has 0 N–H and O–H groups in total. The Morgan fingerprint density at radius 2 is 1.63 bits per heavy atom. The fourth-order valence-corrected chi connectivity index (χ4v) is 6.50. The van der Waals surface area contributed by atoms with Gasteiger partial charge < -0.3 is 4.74 Å². The maximum atomic E-state index is 13.7. The molecule has 3 aliphatic carbocycles. The third kappa shape index (κ3) is 4.71. The summed E-state index contributed by atoms with van der Waals surface area (Å²) in [5.74, 6) is 3.69. The molecule has 3 fully saturated rings. The van der Waals surface area contributed by atoms with Crippen molar-refractivity contribution in [1.29, 1.82) is 5.26 Å². The van der Waals surface area contributed by atoms with Gasteiger partial charge in [-0.15, -0.1) is 0 Å². The number of hydrogen-bond acceptors (Lipinski definition) is 3.